The Bertz CT molecular complexity index is 656. The Morgan fingerprint density at radius 2 is 2.10 bits per heavy atom. The molecular formula is C14H15BrN4OS. The molecule has 5 nitrogen and oxygen atoms in total. The molecule has 0 saturated heterocycles. The SMILES string of the molecule is CCc1ccccc1NC(=S)NNC(=O)c1cc(Br)c[nH]1. The fraction of sp³-hybridized carbons (Fsp3) is 0.143. The molecule has 0 aliphatic heterocycles. The van der Waals surface area contributed by atoms with Crippen LogP contribution >= 0.6 is 28.1 Å². The molecule has 1 aromatic heterocycles. The number of hydrazine groups is 1. The van der Waals surface area contributed by atoms with Crippen LogP contribution in [0, 0.1) is 0 Å². The van der Waals surface area contributed by atoms with Crippen molar-refractivity contribution in [3.8, 4) is 0 Å². The van der Waals surface area contributed by atoms with E-state index in [9.17, 15) is 4.79 Å². The topological polar surface area (TPSA) is 68.9 Å². The van der Waals surface area contributed by atoms with Gasteiger partial charge in [-0.05, 0) is 52.3 Å². The minimum Gasteiger partial charge on any atom is -0.356 e. The number of anilines is 1. The number of aromatic nitrogens is 1. The number of nitrogens with one attached hydrogen (secondary N) is 4. The molecular weight excluding hydrogens is 352 g/mol. The lowest BCUT2D eigenvalue weighted by Crippen LogP contribution is -2.44. The first-order chi connectivity index (χ1) is 10.1. The number of carbonyl (C=O) groups excluding carboxylic acids is 1. The second-order valence-electron chi connectivity index (χ2n) is 4.28. The van der Waals surface area contributed by atoms with Crippen molar-refractivity contribution in [1.29, 1.82) is 0 Å². The lowest BCUT2D eigenvalue weighted by atomic mass is 10.1. The molecule has 0 saturated carbocycles. The number of benzene rings is 1. The Labute approximate surface area is 136 Å². The number of rotatable bonds is 3. The third kappa shape index (κ3) is 4.30. The van der Waals surface area contributed by atoms with Crippen molar-refractivity contribution in [2.75, 3.05) is 5.32 Å². The second kappa shape index (κ2) is 7.24. The summed E-state index contributed by atoms with van der Waals surface area (Å²) in [5.74, 6) is -0.298. The number of aryl methyl sites for hydroxylation is 1. The predicted octanol–water partition coefficient (Wildman–Crippen LogP) is 2.97. The molecule has 2 rings (SSSR count). The third-order valence-electron chi connectivity index (χ3n) is 2.83. The van der Waals surface area contributed by atoms with Gasteiger partial charge in [0.2, 0.25) is 0 Å². The van der Waals surface area contributed by atoms with Gasteiger partial charge in [-0.2, -0.15) is 0 Å². The summed E-state index contributed by atoms with van der Waals surface area (Å²) in [6, 6.07) is 9.56. The molecule has 21 heavy (non-hydrogen) atoms. The van der Waals surface area contributed by atoms with E-state index in [2.05, 4.69) is 44.0 Å². The van der Waals surface area contributed by atoms with Crippen LogP contribution < -0.4 is 16.2 Å². The largest absolute Gasteiger partial charge is 0.356 e. The number of hydrogen-bond acceptors (Lipinski definition) is 2. The number of hydrogen-bond donors (Lipinski definition) is 4. The van der Waals surface area contributed by atoms with E-state index in [1.54, 1.807) is 12.3 Å². The quantitative estimate of drug-likeness (QED) is 0.497. The van der Waals surface area contributed by atoms with Crippen molar-refractivity contribution in [3.05, 3.63) is 52.3 Å². The molecule has 7 heteroatoms. The van der Waals surface area contributed by atoms with Gasteiger partial charge in [-0.1, -0.05) is 25.1 Å². The molecule has 0 aliphatic rings. The van der Waals surface area contributed by atoms with Gasteiger partial charge in [0.1, 0.15) is 5.69 Å². The molecule has 0 fully saturated rings. The lowest BCUT2D eigenvalue weighted by molar-refractivity contribution is 0.0940. The standard InChI is InChI=1S/C14H15BrN4OS/c1-2-9-5-3-4-6-11(9)17-14(21)19-18-13(20)12-7-10(15)8-16-12/h3-8,16H,2H2,1H3,(H,18,20)(H2,17,19,21). The van der Waals surface area contributed by atoms with Crippen LogP contribution in [0.3, 0.4) is 0 Å². The molecule has 110 valence electrons. The summed E-state index contributed by atoms with van der Waals surface area (Å²) in [5, 5.41) is 3.39. The molecule has 1 aromatic carbocycles. The molecule has 0 radical (unpaired) electrons. The van der Waals surface area contributed by atoms with Crippen LogP contribution in [0.1, 0.15) is 23.0 Å². The predicted molar refractivity (Wildman–Crippen MR) is 91.1 cm³/mol. The van der Waals surface area contributed by atoms with Crippen molar-refractivity contribution in [1.82, 2.24) is 15.8 Å². The molecule has 0 bridgehead atoms. The van der Waals surface area contributed by atoms with Crippen LogP contribution in [0.5, 0.6) is 0 Å². The van der Waals surface area contributed by atoms with Crippen LogP contribution in [0.25, 0.3) is 0 Å². The zero-order valence-electron chi connectivity index (χ0n) is 11.4. The summed E-state index contributed by atoms with van der Waals surface area (Å²) in [5.41, 5.74) is 7.72. The maximum atomic E-state index is 11.8. The van der Waals surface area contributed by atoms with Crippen LogP contribution in [0.4, 0.5) is 5.69 Å². The maximum absolute atomic E-state index is 11.8. The Morgan fingerprint density at radius 1 is 1.33 bits per heavy atom. The first kappa shape index (κ1) is 15.5. The number of aromatic amines is 1. The summed E-state index contributed by atoms with van der Waals surface area (Å²) in [6.45, 7) is 2.07. The number of thiocarbonyl (C=S) groups is 1. The third-order valence-corrected chi connectivity index (χ3v) is 3.49. The number of amides is 1. The van der Waals surface area contributed by atoms with Crippen molar-refractivity contribution in [3.63, 3.8) is 0 Å². The number of halogens is 1. The van der Waals surface area contributed by atoms with E-state index in [1.165, 1.54) is 0 Å². The highest BCUT2D eigenvalue weighted by Crippen LogP contribution is 2.15. The van der Waals surface area contributed by atoms with Gasteiger partial charge in [0, 0.05) is 16.4 Å². The van der Waals surface area contributed by atoms with Gasteiger partial charge in [-0.25, -0.2) is 0 Å². The monoisotopic (exact) mass is 366 g/mol. The second-order valence-corrected chi connectivity index (χ2v) is 5.60. The number of para-hydroxylation sites is 1. The smallest absolute Gasteiger partial charge is 0.286 e. The molecule has 0 atom stereocenters. The van der Waals surface area contributed by atoms with Gasteiger partial charge in [0.25, 0.3) is 5.91 Å². The van der Waals surface area contributed by atoms with Crippen molar-refractivity contribution in [2.24, 2.45) is 0 Å². The molecule has 1 amide bonds. The zero-order chi connectivity index (χ0) is 15.2. The van der Waals surface area contributed by atoms with Gasteiger partial charge in [-0.3, -0.25) is 15.6 Å². The van der Waals surface area contributed by atoms with E-state index in [0.717, 1.165) is 22.1 Å². The minimum atomic E-state index is -0.298. The first-order valence-corrected chi connectivity index (χ1v) is 7.59. The summed E-state index contributed by atoms with van der Waals surface area (Å²) in [7, 11) is 0. The zero-order valence-corrected chi connectivity index (χ0v) is 13.8. The number of carbonyl (C=O) groups is 1. The molecule has 0 spiro atoms. The van der Waals surface area contributed by atoms with Gasteiger partial charge >= 0.3 is 0 Å². The Kier molecular flexibility index (Phi) is 5.35. The van der Waals surface area contributed by atoms with Crippen LogP contribution in [0.15, 0.2) is 41.0 Å². The van der Waals surface area contributed by atoms with Crippen LogP contribution in [-0.2, 0) is 6.42 Å². The minimum absolute atomic E-state index is 0.298. The first-order valence-electron chi connectivity index (χ1n) is 6.39. The molecule has 1 heterocycles. The lowest BCUT2D eigenvalue weighted by Gasteiger charge is -2.13. The maximum Gasteiger partial charge on any atom is 0.286 e. The van der Waals surface area contributed by atoms with Crippen molar-refractivity contribution < 1.29 is 4.79 Å². The summed E-state index contributed by atoms with van der Waals surface area (Å²) in [4.78, 5) is 14.7. The normalized spacial score (nSPS) is 10.0. The van der Waals surface area contributed by atoms with E-state index < -0.39 is 0 Å². The summed E-state index contributed by atoms with van der Waals surface area (Å²) >= 11 is 8.43. The average Bonchev–Trinajstić information content (AvgIpc) is 2.92. The van der Waals surface area contributed by atoms with Gasteiger partial charge < -0.3 is 10.3 Å². The van der Waals surface area contributed by atoms with Crippen molar-refractivity contribution >= 4 is 44.9 Å². The summed E-state index contributed by atoms with van der Waals surface area (Å²) in [6.07, 6.45) is 2.58. The van der Waals surface area contributed by atoms with Gasteiger partial charge in [-0.15, -0.1) is 0 Å². The fourth-order valence-electron chi connectivity index (χ4n) is 1.78. The highest BCUT2D eigenvalue weighted by molar-refractivity contribution is 9.10. The average molecular weight is 367 g/mol. The van der Waals surface area contributed by atoms with E-state index in [4.69, 9.17) is 12.2 Å². The van der Waals surface area contributed by atoms with Gasteiger partial charge in [0.15, 0.2) is 5.11 Å². The number of H-pyrrole nitrogens is 1. The Hall–Kier alpha value is -1.86. The fourth-order valence-corrected chi connectivity index (χ4v) is 2.29. The van der Waals surface area contributed by atoms with Crippen LogP contribution in [-0.4, -0.2) is 16.0 Å². The highest BCUT2D eigenvalue weighted by Gasteiger charge is 2.08. The Morgan fingerprint density at radius 3 is 2.76 bits per heavy atom. The molecule has 0 unspecified atom stereocenters. The van der Waals surface area contributed by atoms with E-state index in [0.29, 0.717) is 10.8 Å². The van der Waals surface area contributed by atoms with E-state index in [-0.39, 0.29) is 5.91 Å². The Balaban J connectivity index is 1.89. The van der Waals surface area contributed by atoms with E-state index in [1.807, 2.05) is 24.3 Å². The summed E-state index contributed by atoms with van der Waals surface area (Å²) < 4.78 is 0.810. The van der Waals surface area contributed by atoms with Crippen molar-refractivity contribution in [2.45, 2.75) is 13.3 Å². The molecule has 2 aromatic rings. The van der Waals surface area contributed by atoms with E-state index >= 15 is 0 Å². The van der Waals surface area contributed by atoms with Gasteiger partial charge in [0.05, 0.1) is 0 Å². The van der Waals surface area contributed by atoms with Crippen LogP contribution in [0.2, 0.25) is 0 Å². The molecule has 0 aliphatic carbocycles. The molecule has 4 N–H and O–H groups in total. The highest BCUT2D eigenvalue weighted by atomic mass is 79.9.